The van der Waals surface area contributed by atoms with Crippen LogP contribution in [0.4, 0.5) is 0 Å². The molecule has 2 atom stereocenters. The summed E-state index contributed by atoms with van der Waals surface area (Å²) in [5.41, 5.74) is -0.557. The zero-order valence-electron chi connectivity index (χ0n) is 10.4. The Bertz CT molecular complexity index is 307. The Hall–Kier alpha value is 0.610. The van der Waals surface area contributed by atoms with Crippen LogP contribution in [0.15, 0.2) is 11.6 Å². The minimum absolute atomic E-state index is 0. The molecule has 0 aliphatic heterocycles. The standard InChI is InChI=1S/C10H20O4S.Na/c1-8(2)5-4-6-9(3)7-10(11)15(12,13)14;/h5,9-11H,4,6-7H2,1-3H3,(H,12,13,14);/q;+1/p-1. The van der Waals surface area contributed by atoms with Gasteiger partial charge in [0.25, 0.3) is 0 Å². The van der Waals surface area contributed by atoms with Crippen molar-refractivity contribution in [2.45, 2.75) is 45.5 Å². The van der Waals surface area contributed by atoms with Gasteiger partial charge in [-0.2, -0.15) is 0 Å². The molecular weight excluding hydrogens is 239 g/mol. The van der Waals surface area contributed by atoms with Crippen LogP contribution in [0.1, 0.15) is 40.0 Å². The van der Waals surface area contributed by atoms with E-state index in [-0.39, 0.29) is 41.9 Å². The fraction of sp³-hybridized carbons (Fsp3) is 0.800. The quantitative estimate of drug-likeness (QED) is 0.362. The molecule has 4 nitrogen and oxygen atoms in total. The van der Waals surface area contributed by atoms with Crippen molar-refractivity contribution in [2.24, 2.45) is 5.92 Å². The maximum absolute atomic E-state index is 10.4. The van der Waals surface area contributed by atoms with Gasteiger partial charge in [-0.25, -0.2) is 8.42 Å². The summed E-state index contributed by atoms with van der Waals surface area (Å²) in [7, 11) is -4.55. The molecule has 16 heavy (non-hydrogen) atoms. The third kappa shape index (κ3) is 9.81. The smallest absolute Gasteiger partial charge is 0.746 e. The molecule has 0 aromatic carbocycles. The van der Waals surface area contributed by atoms with Gasteiger partial charge in [-0.1, -0.05) is 18.6 Å². The number of rotatable bonds is 6. The first-order valence-electron chi connectivity index (χ1n) is 4.99. The van der Waals surface area contributed by atoms with Gasteiger partial charge < -0.3 is 9.66 Å². The third-order valence-electron chi connectivity index (χ3n) is 2.15. The zero-order chi connectivity index (χ0) is 12.1. The van der Waals surface area contributed by atoms with Gasteiger partial charge in [0.2, 0.25) is 0 Å². The van der Waals surface area contributed by atoms with Crippen LogP contribution in [0.3, 0.4) is 0 Å². The fourth-order valence-corrected chi connectivity index (χ4v) is 1.80. The summed E-state index contributed by atoms with van der Waals surface area (Å²) in [5.74, 6) is 0.0272. The van der Waals surface area contributed by atoms with E-state index in [4.69, 9.17) is 5.11 Å². The van der Waals surface area contributed by atoms with E-state index in [0.29, 0.717) is 0 Å². The van der Waals surface area contributed by atoms with Gasteiger partial charge in [0.05, 0.1) is 0 Å². The van der Waals surface area contributed by atoms with Gasteiger partial charge >= 0.3 is 29.6 Å². The van der Waals surface area contributed by atoms with E-state index < -0.39 is 15.6 Å². The third-order valence-corrected chi connectivity index (χ3v) is 3.01. The van der Waals surface area contributed by atoms with E-state index >= 15 is 0 Å². The molecule has 0 heterocycles. The molecule has 0 aliphatic carbocycles. The first-order valence-corrected chi connectivity index (χ1v) is 6.46. The average molecular weight is 258 g/mol. The van der Waals surface area contributed by atoms with Crippen molar-refractivity contribution in [1.82, 2.24) is 0 Å². The Kier molecular flexibility index (Phi) is 10.3. The van der Waals surface area contributed by atoms with Crippen LogP contribution in [0.25, 0.3) is 0 Å². The number of allylic oxidation sites excluding steroid dienone is 2. The zero-order valence-corrected chi connectivity index (χ0v) is 13.3. The van der Waals surface area contributed by atoms with Crippen LogP contribution >= 0.6 is 0 Å². The molecule has 0 fully saturated rings. The molecule has 0 aromatic rings. The van der Waals surface area contributed by atoms with Crippen molar-refractivity contribution in [3.05, 3.63) is 11.6 Å². The van der Waals surface area contributed by atoms with Gasteiger partial charge in [-0.15, -0.1) is 0 Å². The molecule has 0 saturated heterocycles. The molecule has 0 saturated carbocycles. The molecule has 2 unspecified atom stereocenters. The Balaban J connectivity index is 0. The summed E-state index contributed by atoms with van der Waals surface area (Å²) in [6, 6.07) is 0. The fourth-order valence-electron chi connectivity index (χ4n) is 1.24. The molecule has 90 valence electrons. The van der Waals surface area contributed by atoms with Crippen LogP contribution in [-0.4, -0.2) is 23.5 Å². The van der Waals surface area contributed by atoms with Gasteiger partial charge in [0, 0.05) is 0 Å². The van der Waals surface area contributed by atoms with Crippen LogP contribution in [0.5, 0.6) is 0 Å². The summed E-state index contributed by atoms with van der Waals surface area (Å²) in [5, 5.41) is 9.05. The largest absolute Gasteiger partial charge is 1.00 e. The van der Waals surface area contributed by atoms with Gasteiger partial charge in [-0.05, 0) is 39.0 Å². The molecule has 1 N–H and O–H groups in total. The van der Waals surface area contributed by atoms with Crippen molar-refractivity contribution in [1.29, 1.82) is 0 Å². The molecule has 0 bridgehead atoms. The van der Waals surface area contributed by atoms with Crippen LogP contribution in [0.2, 0.25) is 0 Å². The summed E-state index contributed by atoms with van der Waals surface area (Å²) < 4.78 is 31.3. The number of hydrogen-bond acceptors (Lipinski definition) is 4. The topological polar surface area (TPSA) is 77.4 Å². The Morgan fingerprint density at radius 1 is 1.44 bits per heavy atom. The van der Waals surface area contributed by atoms with Crippen LogP contribution in [-0.2, 0) is 10.1 Å². The number of aliphatic hydroxyl groups excluding tert-OH is 1. The van der Waals surface area contributed by atoms with E-state index in [9.17, 15) is 13.0 Å². The van der Waals surface area contributed by atoms with Gasteiger partial charge in [0.15, 0.2) is 0 Å². The van der Waals surface area contributed by atoms with E-state index in [1.807, 2.05) is 20.8 Å². The predicted molar refractivity (Wildman–Crippen MR) is 58.2 cm³/mol. The molecule has 0 aromatic heterocycles. The van der Waals surface area contributed by atoms with Crippen LogP contribution in [0, 0.1) is 5.92 Å². The molecule has 0 aliphatic rings. The van der Waals surface area contributed by atoms with Gasteiger partial charge in [0.1, 0.15) is 15.6 Å². The van der Waals surface area contributed by atoms with Crippen molar-refractivity contribution in [2.75, 3.05) is 0 Å². The second-order valence-corrected chi connectivity index (χ2v) is 5.68. The molecule has 0 rings (SSSR count). The normalized spacial score (nSPS) is 14.8. The average Bonchev–Trinajstić information content (AvgIpc) is 2.01. The van der Waals surface area contributed by atoms with E-state index in [0.717, 1.165) is 12.8 Å². The van der Waals surface area contributed by atoms with E-state index in [1.54, 1.807) is 0 Å². The second-order valence-electron chi connectivity index (χ2n) is 4.15. The van der Waals surface area contributed by atoms with Crippen molar-refractivity contribution >= 4 is 10.1 Å². The minimum atomic E-state index is -4.55. The maximum Gasteiger partial charge on any atom is 1.00 e. The predicted octanol–water partition coefficient (Wildman–Crippen LogP) is -1.37. The number of hydrogen-bond donors (Lipinski definition) is 1. The van der Waals surface area contributed by atoms with Crippen molar-refractivity contribution in [3.8, 4) is 0 Å². The summed E-state index contributed by atoms with van der Waals surface area (Å²) in [6.07, 6.45) is 3.68. The van der Waals surface area contributed by atoms with Crippen molar-refractivity contribution < 1.29 is 47.6 Å². The minimum Gasteiger partial charge on any atom is -0.746 e. The molecule has 0 radical (unpaired) electrons. The monoisotopic (exact) mass is 258 g/mol. The Morgan fingerprint density at radius 3 is 2.31 bits per heavy atom. The summed E-state index contributed by atoms with van der Waals surface area (Å²) in [4.78, 5) is 0. The Labute approximate surface area is 120 Å². The summed E-state index contributed by atoms with van der Waals surface area (Å²) in [6.45, 7) is 5.80. The van der Waals surface area contributed by atoms with Gasteiger partial charge in [-0.3, -0.25) is 0 Å². The first kappa shape index (κ1) is 19.0. The molecular formula is C10H19NaO4S. The molecule has 6 heteroatoms. The first-order chi connectivity index (χ1) is 6.73. The van der Waals surface area contributed by atoms with Crippen molar-refractivity contribution in [3.63, 3.8) is 0 Å². The maximum atomic E-state index is 10.4. The SMILES string of the molecule is CC(C)=CCCC(C)CC(O)S(=O)(=O)[O-].[Na+]. The van der Waals surface area contributed by atoms with Crippen LogP contribution < -0.4 is 29.6 Å². The molecule has 0 spiro atoms. The second kappa shape index (κ2) is 8.66. The van der Waals surface area contributed by atoms with E-state index in [1.165, 1.54) is 5.57 Å². The molecule has 0 amide bonds. The van der Waals surface area contributed by atoms with E-state index in [2.05, 4.69) is 6.08 Å². The Morgan fingerprint density at radius 2 is 1.94 bits per heavy atom. The number of aliphatic hydroxyl groups is 1. The summed E-state index contributed by atoms with van der Waals surface area (Å²) >= 11 is 0.